The van der Waals surface area contributed by atoms with Crippen LogP contribution in [0.4, 0.5) is 5.69 Å². The van der Waals surface area contributed by atoms with Gasteiger partial charge in [0.25, 0.3) is 5.56 Å². The molecule has 0 aliphatic rings. The summed E-state index contributed by atoms with van der Waals surface area (Å²) in [5.41, 5.74) is 3.69. The van der Waals surface area contributed by atoms with Crippen LogP contribution in [0.1, 0.15) is 11.1 Å². The highest BCUT2D eigenvalue weighted by Gasteiger charge is 2.19. The fourth-order valence-corrected chi connectivity index (χ4v) is 3.77. The van der Waals surface area contributed by atoms with Gasteiger partial charge < -0.3 is 19.7 Å². The van der Waals surface area contributed by atoms with Crippen molar-refractivity contribution in [3.8, 4) is 11.8 Å². The predicted octanol–water partition coefficient (Wildman–Crippen LogP) is 2.92. The number of nitrogens with one attached hydrogen (secondary N) is 1. The van der Waals surface area contributed by atoms with Crippen molar-refractivity contribution < 1.29 is 9.84 Å². The molecular weight excluding hydrogens is 380 g/mol. The molecule has 2 aromatic carbocycles. The standard InChI is InChI=1S/C23H22N4O3/c1-15-10-22(29)27-21-9-4-3-8-20(21)26(23(27)19(15)12-24)14-17(28)13-25-16-6-5-7-18(11-16)30-2/h3-11,17,25,28H,13-14H2,1-2H3/t17-/m0/s1. The topological polar surface area (TPSA) is 91.7 Å². The first-order valence-corrected chi connectivity index (χ1v) is 9.63. The van der Waals surface area contributed by atoms with Crippen LogP contribution in [0, 0.1) is 18.3 Å². The van der Waals surface area contributed by atoms with Crippen molar-refractivity contribution in [1.29, 1.82) is 5.26 Å². The minimum absolute atomic E-state index is 0.194. The number of ether oxygens (including phenoxy) is 1. The summed E-state index contributed by atoms with van der Waals surface area (Å²) in [4.78, 5) is 12.7. The summed E-state index contributed by atoms with van der Waals surface area (Å²) in [7, 11) is 1.60. The molecule has 0 radical (unpaired) electrons. The molecule has 2 N–H and O–H groups in total. The van der Waals surface area contributed by atoms with E-state index in [4.69, 9.17) is 4.74 Å². The Bertz CT molecular complexity index is 1330. The van der Waals surface area contributed by atoms with Crippen molar-refractivity contribution in [2.75, 3.05) is 19.0 Å². The SMILES string of the molecule is COc1cccc(NC[C@H](O)Cn2c3ccccc3n3c(=O)cc(C)c(C#N)c23)c1. The third kappa shape index (κ3) is 3.38. The van der Waals surface area contributed by atoms with Crippen LogP contribution in [0.25, 0.3) is 16.7 Å². The summed E-state index contributed by atoms with van der Waals surface area (Å²) in [5, 5.41) is 23.7. The molecule has 1 atom stereocenters. The first kappa shape index (κ1) is 19.6. The van der Waals surface area contributed by atoms with E-state index < -0.39 is 6.10 Å². The molecule has 2 heterocycles. The Kier molecular flexibility index (Phi) is 5.17. The lowest BCUT2D eigenvalue weighted by Crippen LogP contribution is -2.25. The fourth-order valence-electron chi connectivity index (χ4n) is 3.77. The molecule has 4 aromatic rings. The van der Waals surface area contributed by atoms with Crippen LogP contribution in [0.2, 0.25) is 0 Å². The molecule has 0 aliphatic heterocycles. The average molecular weight is 402 g/mol. The summed E-state index contributed by atoms with van der Waals surface area (Å²) in [6.07, 6.45) is -0.752. The molecule has 0 fully saturated rings. The number of pyridine rings is 1. The maximum absolute atomic E-state index is 12.7. The molecule has 4 rings (SSSR count). The number of hydrogen-bond donors (Lipinski definition) is 2. The molecule has 0 amide bonds. The highest BCUT2D eigenvalue weighted by Crippen LogP contribution is 2.24. The van der Waals surface area contributed by atoms with E-state index in [-0.39, 0.29) is 12.1 Å². The number of anilines is 1. The lowest BCUT2D eigenvalue weighted by molar-refractivity contribution is 0.169. The first-order valence-electron chi connectivity index (χ1n) is 9.63. The minimum Gasteiger partial charge on any atom is -0.497 e. The van der Waals surface area contributed by atoms with Gasteiger partial charge in [0.1, 0.15) is 17.5 Å². The number of imidazole rings is 1. The largest absolute Gasteiger partial charge is 0.497 e. The Labute approximate surface area is 173 Å². The van der Waals surface area contributed by atoms with E-state index in [0.717, 1.165) is 17.0 Å². The first-order chi connectivity index (χ1) is 14.5. The normalized spacial score (nSPS) is 12.1. The number of methoxy groups -OCH3 is 1. The van der Waals surface area contributed by atoms with E-state index in [2.05, 4.69) is 11.4 Å². The minimum atomic E-state index is -0.752. The van der Waals surface area contributed by atoms with Gasteiger partial charge in [0.15, 0.2) is 0 Å². The van der Waals surface area contributed by atoms with E-state index in [9.17, 15) is 15.2 Å². The third-order valence-electron chi connectivity index (χ3n) is 5.18. The highest BCUT2D eigenvalue weighted by molar-refractivity contribution is 5.84. The predicted molar refractivity (Wildman–Crippen MR) is 116 cm³/mol. The summed E-state index contributed by atoms with van der Waals surface area (Å²) in [6, 6.07) is 18.6. The summed E-state index contributed by atoms with van der Waals surface area (Å²) >= 11 is 0. The third-order valence-corrected chi connectivity index (χ3v) is 5.18. The Hall–Kier alpha value is -3.76. The lowest BCUT2D eigenvalue weighted by Gasteiger charge is -2.16. The lowest BCUT2D eigenvalue weighted by atomic mass is 10.1. The van der Waals surface area contributed by atoms with Gasteiger partial charge >= 0.3 is 0 Å². The van der Waals surface area contributed by atoms with Gasteiger partial charge in [-0.25, -0.2) is 0 Å². The molecule has 0 bridgehead atoms. The van der Waals surface area contributed by atoms with E-state index in [1.54, 1.807) is 18.4 Å². The quantitative estimate of drug-likeness (QED) is 0.517. The number of aliphatic hydroxyl groups excluding tert-OH is 1. The van der Waals surface area contributed by atoms with Gasteiger partial charge in [0.05, 0.1) is 36.4 Å². The van der Waals surface area contributed by atoms with Crippen LogP contribution in [-0.4, -0.2) is 33.8 Å². The Morgan fingerprint density at radius 1 is 1.17 bits per heavy atom. The van der Waals surface area contributed by atoms with Gasteiger partial charge in [-0.05, 0) is 36.8 Å². The molecule has 0 saturated carbocycles. The fraction of sp³-hybridized carbons (Fsp3) is 0.217. The molecule has 0 saturated heterocycles. The second-order valence-electron chi connectivity index (χ2n) is 7.18. The van der Waals surface area contributed by atoms with E-state index in [1.165, 1.54) is 6.07 Å². The number of benzene rings is 2. The summed E-state index contributed by atoms with van der Waals surface area (Å²) in [6.45, 7) is 2.28. The maximum atomic E-state index is 12.7. The summed E-state index contributed by atoms with van der Waals surface area (Å²) < 4.78 is 8.61. The van der Waals surface area contributed by atoms with Crippen LogP contribution in [0.3, 0.4) is 0 Å². The smallest absolute Gasteiger partial charge is 0.257 e. The molecule has 152 valence electrons. The van der Waals surface area contributed by atoms with Gasteiger partial charge in [-0.15, -0.1) is 0 Å². The number of aromatic nitrogens is 2. The number of aliphatic hydroxyl groups is 1. The number of nitrogens with zero attached hydrogens (tertiary/aromatic N) is 3. The second kappa shape index (κ2) is 7.93. The van der Waals surface area contributed by atoms with Crippen LogP contribution in [-0.2, 0) is 6.54 Å². The number of fused-ring (bicyclic) bond motifs is 3. The number of rotatable bonds is 6. The van der Waals surface area contributed by atoms with Gasteiger partial charge in [-0.3, -0.25) is 9.20 Å². The van der Waals surface area contributed by atoms with Crippen LogP contribution in [0.15, 0.2) is 59.4 Å². The Morgan fingerprint density at radius 3 is 2.67 bits per heavy atom. The van der Waals surface area contributed by atoms with Crippen molar-refractivity contribution in [2.45, 2.75) is 19.6 Å². The van der Waals surface area contributed by atoms with Crippen molar-refractivity contribution in [3.63, 3.8) is 0 Å². The van der Waals surface area contributed by atoms with E-state index in [0.29, 0.717) is 28.8 Å². The van der Waals surface area contributed by atoms with Crippen LogP contribution in [0.5, 0.6) is 5.75 Å². The van der Waals surface area contributed by atoms with Crippen molar-refractivity contribution in [2.24, 2.45) is 0 Å². The van der Waals surface area contributed by atoms with Gasteiger partial charge in [-0.1, -0.05) is 18.2 Å². The average Bonchev–Trinajstić information content (AvgIpc) is 3.07. The molecule has 0 unspecified atom stereocenters. The van der Waals surface area contributed by atoms with Crippen molar-refractivity contribution in [1.82, 2.24) is 8.97 Å². The number of para-hydroxylation sites is 2. The zero-order valence-electron chi connectivity index (χ0n) is 16.8. The Balaban J connectivity index is 1.72. The summed E-state index contributed by atoms with van der Waals surface area (Å²) in [5.74, 6) is 0.727. The molecule has 7 heteroatoms. The number of hydrogen-bond acceptors (Lipinski definition) is 5. The van der Waals surface area contributed by atoms with E-state index in [1.807, 2.05) is 53.1 Å². The zero-order chi connectivity index (χ0) is 21.3. The van der Waals surface area contributed by atoms with Crippen molar-refractivity contribution in [3.05, 3.63) is 76.1 Å². The zero-order valence-corrected chi connectivity index (χ0v) is 16.8. The van der Waals surface area contributed by atoms with E-state index >= 15 is 0 Å². The molecule has 0 spiro atoms. The van der Waals surface area contributed by atoms with Gasteiger partial charge in [-0.2, -0.15) is 5.26 Å². The molecule has 0 aliphatic carbocycles. The molecular formula is C23H22N4O3. The Morgan fingerprint density at radius 2 is 1.93 bits per heavy atom. The van der Waals surface area contributed by atoms with Crippen LogP contribution >= 0.6 is 0 Å². The molecule has 7 nitrogen and oxygen atoms in total. The van der Waals surface area contributed by atoms with Gasteiger partial charge in [0, 0.05) is 24.4 Å². The second-order valence-corrected chi connectivity index (χ2v) is 7.18. The highest BCUT2D eigenvalue weighted by atomic mass is 16.5. The maximum Gasteiger partial charge on any atom is 0.257 e. The molecule has 2 aromatic heterocycles. The monoisotopic (exact) mass is 402 g/mol. The molecule has 30 heavy (non-hydrogen) atoms. The number of aryl methyl sites for hydroxylation is 1. The number of nitriles is 1. The van der Waals surface area contributed by atoms with Crippen molar-refractivity contribution >= 4 is 22.4 Å². The van der Waals surface area contributed by atoms with Gasteiger partial charge in [0.2, 0.25) is 0 Å². The van der Waals surface area contributed by atoms with Crippen LogP contribution < -0.4 is 15.6 Å².